The summed E-state index contributed by atoms with van der Waals surface area (Å²) in [6.07, 6.45) is 3.19. The standard InChI is InChI=1S/C7H14NO2/c1-10-6-4-2-3-5-7(8)9/h8H,2-6H2,1H3. The van der Waals surface area contributed by atoms with E-state index in [0.717, 1.165) is 25.9 Å². The van der Waals surface area contributed by atoms with Crippen molar-refractivity contribution in [3.05, 3.63) is 0 Å². The Hall–Kier alpha value is -0.570. The lowest BCUT2D eigenvalue weighted by Crippen LogP contribution is -1.97. The van der Waals surface area contributed by atoms with E-state index in [-0.39, 0.29) is 0 Å². The van der Waals surface area contributed by atoms with Crippen LogP contribution in [0.15, 0.2) is 0 Å². The quantitative estimate of drug-likeness (QED) is 0.522. The second-order valence-corrected chi connectivity index (χ2v) is 2.23. The summed E-state index contributed by atoms with van der Waals surface area (Å²) in [5.41, 5.74) is 6.59. The van der Waals surface area contributed by atoms with Crippen LogP contribution >= 0.6 is 0 Å². The van der Waals surface area contributed by atoms with E-state index in [1.165, 1.54) is 0 Å². The van der Waals surface area contributed by atoms with Crippen LogP contribution < -0.4 is 5.73 Å². The molecule has 10 heavy (non-hydrogen) atoms. The van der Waals surface area contributed by atoms with Crippen LogP contribution in [0, 0.1) is 0 Å². The van der Waals surface area contributed by atoms with Crippen LogP contribution in [0.25, 0.3) is 0 Å². The molecule has 0 aliphatic heterocycles. The van der Waals surface area contributed by atoms with Gasteiger partial charge in [0.05, 0.1) is 0 Å². The van der Waals surface area contributed by atoms with E-state index >= 15 is 0 Å². The summed E-state index contributed by atoms with van der Waals surface area (Å²) in [5, 5.41) is 0. The average Bonchev–Trinajstić information content (AvgIpc) is 1.87. The van der Waals surface area contributed by atoms with Crippen molar-refractivity contribution in [1.82, 2.24) is 5.73 Å². The van der Waals surface area contributed by atoms with Crippen molar-refractivity contribution in [3.8, 4) is 0 Å². The summed E-state index contributed by atoms with van der Waals surface area (Å²) in [7, 11) is 1.66. The lowest BCUT2D eigenvalue weighted by atomic mass is 10.2. The summed E-state index contributed by atoms with van der Waals surface area (Å²) in [4.78, 5) is 10.1. The van der Waals surface area contributed by atoms with Gasteiger partial charge in [0.15, 0.2) is 0 Å². The van der Waals surface area contributed by atoms with Crippen LogP contribution in [0.2, 0.25) is 0 Å². The molecule has 1 amide bonds. The largest absolute Gasteiger partial charge is 0.385 e. The Bertz CT molecular complexity index is 93.6. The van der Waals surface area contributed by atoms with Crippen LogP contribution in [0.1, 0.15) is 25.7 Å². The molecule has 0 atom stereocenters. The first kappa shape index (κ1) is 9.43. The Morgan fingerprint density at radius 2 is 2.10 bits per heavy atom. The highest BCUT2D eigenvalue weighted by Gasteiger charge is 1.93. The minimum Gasteiger partial charge on any atom is -0.385 e. The van der Waals surface area contributed by atoms with E-state index in [4.69, 9.17) is 10.5 Å². The molecule has 0 fully saturated rings. The molecule has 0 unspecified atom stereocenters. The van der Waals surface area contributed by atoms with E-state index in [9.17, 15) is 4.79 Å². The molecule has 0 saturated heterocycles. The highest BCUT2D eigenvalue weighted by molar-refractivity contribution is 5.72. The summed E-state index contributed by atoms with van der Waals surface area (Å²) in [5.74, 6) is -0.461. The maximum atomic E-state index is 10.1. The third-order valence-electron chi connectivity index (χ3n) is 1.25. The predicted molar refractivity (Wildman–Crippen MR) is 38.4 cm³/mol. The third-order valence-corrected chi connectivity index (χ3v) is 1.25. The van der Waals surface area contributed by atoms with Gasteiger partial charge in [-0.25, -0.2) is 0 Å². The Morgan fingerprint density at radius 1 is 1.40 bits per heavy atom. The van der Waals surface area contributed by atoms with Crippen molar-refractivity contribution in [2.75, 3.05) is 13.7 Å². The molecule has 0 aromatic carbocycles. The Labute approximate surface area is 61.5 Å². The monoisotopic (exact) mass is 144 g/mol. The average molecular weight is 144 g/mol. The van der Waals surface area contributed by atoms with Crippen molar-refractivity contribution in [1.29, 1.82) is 0 Å². The fourth-order valence-electron chi connectivity index (χ4n) is 0.709. The highest BCUT2D eigenvalue weighted by atomic mass is 16.5. The van der Waals surface area contributed by atoms with Crippen LogP contribution in [-0.4, -0.2) is 19.6 Å². The van der Waals surface area contributed by atoms with Gasteiger partial charge in [0.2, 0.25) is 5.91 Å². The smallest absolute Gasteiger partial charge is 0.238 e. The Morgan fingerprint density at radius 3 is 2.60 bits per heavy atom. The molecule has 0 saturated carbocycles. The first-order valence-corrected chi connectivity index (χ1v) is 3.50. The molecule has 0 rings (SSSR count). The van der Waals surface area contributed by atoms with Crippen molar-refractivity contribution in [3.63, 3.8) is 0 Å². The molecule has 0 aliphatic rings. The Kier molecular flexibility index (Phi) is 6.18. The van der Waals surface area contributed by atoms with Crippen molar-refractivity contribution >= 4 is 5.91 Å². The van der Waals surface area contributed by atoms with Gasteiger partial charge in [-0.3, -0.25) is 10.5 Å². The fraction of sp³-hybridized carbons (Fsp3) is 0.857. The maximum absolute atomic E-state index is 10.1. The van der Waals surface area contributed by atoms with Gasteiger partial charge in [-0.1, -0.05) is 6.42 Å². The summed E-state index contributed by atoms with van der Waals surface area (Å²) >= 11 is 0. The van der Waals surface area contributed by atoms with Gasteiger partial charge in [-0.05, 0) is 12.8 Å². The van der Waals surface area contributed by atoms with E-state index in [1.807, 2.05) is 0 Å². The summed E-state index contributed by atoms with van der Waals surface area (Å²) < 4.78 is 4.82. The molecule has 0 heterocycles. The van der Waals surface area contributed by atoms with Crippen molar-refractivity contribution < 1.29 is 9.53 Å². The van der Waals surface area contributed by atoms with E-state index in [1.54, 1.807) is 7.11 Å². The molecule has 1 radical (unpaired) electrons. The summed E-state index contributed by atoms with van der Waals surface area (Å²) in [6, 6.07) is 0. The molecule has 0 aromatic rings. The van der Waals surface area contributed by atoms with Gasteiger partial charge in [0.25, 0.3) is 0 Å². The number of nitrogens with one attached hydrogen (secondary N) is 1. The van der Waals surface area contributed by atoms with E-state index < -0.39 is 5.91 Å². The number of hydrogen-bond donors (Lipinski definition) is 0. The van der Waals surface area contributed by atoms with Crippen molar-refractivity contribution in [2.45, 2.75) is 25.7 Å². The zero-order valence-electron chi connectivity index (χ0n) is 6.35. The zero-order chi connectivity index (χ0) is 7.82. The maximum Gasteiger partial charge on any atom is 0.238 e. The number of carbonyl (C=O) groups is 1. The second kappa shape index (κ2) is 6.55. The van der Waals surface area contributed by atoms with Crippen molar-refractivity contribution in [2.24, 2.45) is 0 Å². The topological polar surface area (TPSA) is 50.1 Å². The molecule has 59 valence electrons. The van der Waals surface area contributed by atoms with Gasteiger partial charge >= 0.3 is 0 Å². The van der Waals surface area contributed by atoms with Crippen LogP contribution in [0.3, 0.4) is 0 Å². The lowest BCUT2D eigenvalue weighted by Gasteiger charge is -1.96. The SMILES string of the molecule is COCCCCCC([NH])=O. The molecule has 0 bridgehead atoms. The van der Waals surface area contributed by atoms with Crippen LogP contribution in [0.4, 0.5) is 0 Å². The minimum atomic E-state index is -0.461. The third kappa shape index (κ3) is 7.43. The Balaban J connectivity index is 2.84. The van der Waals surface area contributed by atoms with Gasteiger partial charge < -0.3 is 4.74 Å². The second-order valence-electron chi connectivity index (χ2n) is 2.23. The fourth-order valence-corrected chi connectivity index (χ4v) is 0.709. The lowest BCUT2D eigenvalue weighted by molar-refractivity contribution is -0.118. The summed E-state index contributed by atoms with van der Waals surface area (Å²) in [6.45, 7) is 0.756. The van der Waals surface area contributed by atoms with Crippen LogP contribution in [-0.2, 0) is 9.53 Å². The minimum absolute atomic E-state index is 0.393. The van der Waals surface area contributed by atoms with Gasteiger partial charge in [-0.15, -0.1) is 0 Å². The molecule has 0 aliphatic carbocycles. The molecular formula is C7H14NO2. The van der Waals surface area contributed by atoms with E-state index in [2.05, 4.69) is 0 Å². The number of rotatable bonds is 6. The first-order chi connectivity index (χ1) is 4.77. The predicted octanol–water partition coefficient (Wildman–Crippen LogP) is 1.00. The number of amides is 1. The van der Waals surface area contributed by atoms with Gasteiger partial charge in [-0.2, -0.15) is 0 Å². The molecular weight excluding hydrogens is 130 g/mol. The van der Waals surface area contributed by atoms with E-state index in [0.29, 0.717) is 6.42 Å². The number of methoxy groups -OCH3 is 1. The van der Waals surface area contributed by atoms with Gasteiger partial charge in [0, 0.05) is 20.1 Å². The number of hydrogen-bond acceptors (Lipinski definition) is 2. The molecule has 3 nitrogen and oxygen atoms in total. The number of ether oxygens (including phenoxy) is 1. The van der Waals surface area contributed by atoms with Crippen LogP contribution in [0.5, 0.6) is 0 Å². The number of unbranched alkanes of at least 4 members (excludes halogenated alkanes) is 2. The number of carbonyl (C=O) groups excluding carboxylic acids is 1. The molecule has 1 N–H and O–H groups in total. The highest BCUT2D eigenvalue weighted by Crippen LogP contribution is 1.98. The molecule has 0 aromatic heterocycles. The zero-order valence-corrected chi connectivity index (χ0v) is 6.35. The first-order valence-electron chi connectivity index (χ1n) is 3.50. The normalized spacial score (nSPS) is 9.70. The van der Waals surface area contributed by atoms with Gasteiger partial charge in [0.1, 0.15) is 0 Å². The molecule has 0 spiro atoms. The molecule has 3 heteroatoms.